The minimum atomic E-state index is 1.13. The number of hydrogen-bond donors (Lipinski definition) is 0. The van der Waals surface area contributed by atoms with Crippen molar-refractivity contribution in [2.75, 3.05) is 4.90 Å². The summed E-state index contributed by atoms with van der Waals surface area (Å²) in [5.74, 6) is 0. The SMILES string of the molecule is CCCCCCc1ccc(N(c2ccc(/C=C/c3ccccc3)cc2)c2ccc(/C=C/c3ccc(-c4ccc(/C=C/c5ccccc5)cc4)cc3)cc2)cc1. The molecule has 0 fully saturated rings. The Morgan fingerprint density at radius 2 is 0.655 bits per heavy atom. The molecule has 0 N–H and O–H groups in total. The topological polar surface area (TPSA) is 3.24 Å². The summed E-state index contributed by atoms with van der Waals surface area (Å²) >= 11 is 0. The van der Waals surface area contributed by atoms with Crippen molar-refractivity contribution in [2.45, 2.75) is 39.0 Å². The molecule has 0 radical (unpaired) electrons. The Hall–Kier alpha value is -6.44. The Bertz CT molecular complexity index is 2280. The van der Waals surface area contributed by atoms with Gasteiger partial charge in [-0.15, -0.1) is 0 Å². The van der Waals surface area contributed by atoms with Crippen LogP contribution in [0.5, 0.6) is 0 Å². The van der Waals surface area contributed by atoms with Crippen LogP contribution in [0, 0.1) is 0 Å². The zero-order valence-electron chi connectivity index (χ0n) is 31.8. The Morgan fingerprint density at radius 3 is 1.02 bits per heavy atom. The molecule has 7 aromatic rings. The third-order valence-electron chi connectivity index (χ3n) is 9.97. The fourth-order valence-corrected chi connectivity index (χ4v) is 6.76. The van der Waals surface area contributed by atoms with Gasteiger partial charge in [0.2, 0.25) is 0 Å². The van der Waals surface area contributed by atoms with Gasteiger partial charge in [-0.2, -0.15) is 0 Å². The molecule has 0 atom stereocenters. The molecule has 1 nitrogen and oxygen atoms in total. The first-order valence-corrected chi connectivity index (χ1v) is 19.6. The quantitative estimate of drug-likeness (QED) is 0.0756. The lowest BCUT2D eigenvalue weighted by Crippen LogP contribution is -2.10. The van der Waals surface area contributed by atoms with Crippen molar-refractivity contribution >= 4 is 53.5 Å². The summed E-state index contributed by atoms with van der Waals surface area (Å²) in [5.41, 5.74) is 14.4. The van der Waals surface area contributed by atoms with Gasteiger partial charge in [0.1, 0.15) is 0 Å². The molecule has 270 valence electrons. The van der Waals surface area contributed by atoms with Gasteiger partial charge in [0.15, 0.2) is 0 Å². The minimum Gasteiger partial charge on any atom is -0.311 e. The normalized spacial score (nSPS) is 11.5. The summed E-state index contributed by atoms with van der Waals surface area (Å²) in [4.78, 5) is 2.35. The van der Waals surface area contributed by atoms with Crippen molar-refractivity contribution in [3.8, 4) is 11.1 Å². The third kappa shape index (κ3) is 10.6. The molecular formula is C54H49N. The summed E-state index contributed by atoms with van der Waals surface area (Å²) < 4.78 is 0. The molecule has 0 bridgehead atoms. The molecule has 0 heterocycles. The number of benzene rings is 7. The van der Waals surface area contributed by atoms with Crippen LogP contribution in [0.15, 0.2) is 182 Å². The van der Waals surface area contributed by atoms with E-state index in [0.29, 0.717) is 0 Å². The number of nitrogens with zero attached hydrogens (tertiary/aromatic N) is 1. The van der Waals surface area contributed by atoms with Crippen molar-refractivity contribution in [1.29, 1.82) is 0 Å². The van der Waals surface area contributed by atoms with Gasteiger partial charge in [-0.05, 0) is 99.3 Å². The maximum absolute atomic E-state index is 2.35. The van der Waals surface area contributed by atoms with Crippen LogP contribution >= 0.6 is 0 Å². The molecule has 7 aromatic carbocycles. The average molecular weight is 712 g/mol. The number of aryl methyl sites for hydroxylation is 1. The van der Waals surface area contributed by atoms with Crippen molar-refractivity contribution in [3.63, 3.8) is 0 Å². The molecule has 0 aliphatic rings. The predicted octanol–water partition coefficient (Wildman–Crippen LogP) is 15.5. The summed E-state index contributed by atoms with van der Waals surface area (Å²) in [6.45, 7) is 2.27. The molecule has 0 saturated carbocycles. The first kappa shape index (κ1) is 36.9. The highest BCUT2D eigenvalue weighted by Gasteiger charge is 2.13. The molecule has 1 heteroatoms. The van der Waals surface area contributed by atoms with Gasteiger partial charge < -0.3 is 4.90 Å². The van der Waals surface area contributed by atoms with Crippen molar-refractivity contribution in [1.82, 2.24) is 0 Å². The molecule has 55 heavy (non-hydrogen) atoms. The molecule has 0 amide bonds. The monoisotopic (exact) mass is 711 g/mol. The van der Waals surface area contributed by atoms with E-state index < -0.39 is 0 Å². The fraction of sp³-hybridized carbons (Fsp3) is 0.111. The van der Waals surface area contributed by atoms with Gasteiger partial charge in [0.05, 0.1) is 0 Å². The maximum Gasteiger partial charge on any atom is 0.0462 e. The van der Waals surface area contributed by atoms with Crippen LogP contribution in [0.2, 0.25) is 0 Å². The summed E-state index contributed by atoms with van der Waals surface area (Å²) in [5, 5.41) is 0. The van der Waals surface area contributed by atoms with E-state index in [1.807, 2.05) is 12.1 Å². The average Bonchev–Trinajstić information content (AvgIpc) is 3.25. The largest absolute Gasteiger partial charge is 0.311 e. The Morgan fingerprint density at radius 1 is 0.327 bits per heavy atom. The van der Waals surface area contributed by atoms with E-state index in [-0.39, 0.29) is 0 Å². The van der Waals surface area contributed by atoms with Crippen LogP contribution < -0.4 is 4.90 Å². The second kappa shape index (κ2) is 19.1. The van der Waals surface area contributed by atoms with E-state index in [4.69, 9.17) is 0 Å². The molecular weight excluding hydrogens is 663 g/mol. The van der Waals surface area contributed by atoms with Crippen LogP contribution in [-0.4, -0.2) is 0 Å². The molecule has 0 unspecified atom stereocenters. The predicted molar refractivity (Wildman–Crippen MR) is 241 cm³/mol. The standard InChI is InChI=1S/C54H49N/c1-2-3-4-7-16-45-27-37-52(38-28-45)55(53-39-29-48(30-40-53)20-18-44-14-10-6-11-15-44)54-41-31-49(32-42-54)22-21-47-25-35-51(36-26-47)50-33-23-46(24-34-50)19-17-43-12-8-5-9-13-43/h5-6,8-15,17-42H,2-4,7,16H2,1H3/b19-17+,20-18+,22-21+. The number of unbranched alkanes of at least 4 members (excludes halogenated alkanes) is 3. The Balaban J connectivity index is 1.04. The van der Waals surface area contributed by atoms with Crippen LogP contribution in [0.1, 0.15) is 71.6 Å². The highest BCUT2D eigenvalue weighted by molar-refractivity contribution is 5.80. The summed E-state index contributed by atoms with van der Waals surface area (Å²) in [7, 11) is 0. The molecule has 0 saturated heterocycles. The van der Waals surface area contributed by atoms with Gasteiger partial charge in [0, 0.05) is 17.1 Å². The van der Waals surface area contributed by atoms with E-state index in [9.17, 15) is 0 Å². The molecule has 0 spiro atoms. The zero-order chi connectivity index (χ0) is 37.5. The van der Waals surface area contributed by atoms with Crippen molar-refractivity contribution in [3.05, 3.63) is 221 Å². The summed E-state index contributed by atoms with van der Waals surface area (Å²) in [6, 6.07) is 65.2. The minimum absolute atomic E-state index is 1.13. The van der Waals surface area contributed by atoms with E-state index >= 15 is 0 Å². The highest BCUT2D eigenvalue weighted by Crippen LogP contribution is 2.35. The lowest BCUT2D eigenvalue weighted by Gasteiger charge is -2.26. The number of hydrogen-bond acceptors (Lipinski definition) is 1. The highest BCUT2D eigenvalue weighted by atomic mass is 15.1. The van der Waals surface area contributed by atoms with Gasteiger partial charge in [-0.1, -0.05) is 208 Å². The van der Waals surface area contributed by atoms with Crippen LogP contribution in [0.4, 0.5) is 17.1 Å². The van der Waals surface area contributed by atoms with E-state index in [2.05, 4.69) is 218 Å². The van der Waals surface area contributed by atoms with Crippen molar-refractivity contribution < 1.29 is 0 Å². The van der Waals surface area contributed by atoms with Crippen molar-refractivity contribution in [2.24, 2.45) is 0 Å². The zero-order valence-corrected chi connectivity index (χ0v) is 31.8. The van der Waals surface area contributed by atoms with E-state index in [1.165, 1.54) is 70.2 Å². The maximum atomic E-state index is 2.35. The fourth-order valence-electron chi connectivity index (χ4n) is 6.76. The van der Waals surface area contributed by atoms with Gasteiger partial charge in [0.25, 0.3) is 0 Å². The lowest BCUT2D eigenvalue weighted by atomic mass is 10.0. The van der Waals surface area contributed by atoms with Gasteiger partial charge in [-0.3, -0.25) is 0 Å². The lowest BCUT2D eigenvalue weighted by molar-refractivity contribution is 0.667. The molecule has 7 rings (SSSR count). The van der Waals surface area contributed by atoms with E-state index in [1.54, 1.807) is 0 Å². The Kier molecular flexibility index (Phi) is 12.8. The van der Waals surface area contributed by atoms with E-state index in [0.717, 1.165) is 29.0 Å². The first-order chi connectivity index (χ1) is 27.2. The molecule has 0 aliphatic carbocycles. The second-order valence-corrected chi connectivity index (χ2v) is 14.1. The second-order valence-electron chi connectivity index (χ2n) is 14.1. The molecule has 0 aliphatic heterocycles. The number of rotatable bonds is 15. The van der Waals surface area contributed by atoms with Crippen LogP contribution in [0.3, 0.4) is 0 Å². The third-order valence-corrected chi connectivity index (χ3v) is 9.97. The van der Waals surface area contributed by atoms with Gasteiger partial charge >= 0.3 is 0 Å². The summed E-state index contributed by atoms with van der Waals surface area (Å²) in [6.07, 6.45) is 19.3. The smallest absolute Gasteiger partial charge is 0.0462 e. The van der Waals surface area contributed by atoms with Crippen LogP contribution in [-0.2, 0) is 6.42 Å². The molecule has 0 aromatic heterocycles. The van der Waals surface area contributed by atoms with Gasteiger partial charge in [-0.25, -0.2) is 0 Å². The number of anilines is 3. The first-order valence-electron chi connectivity index (χ1n) is 19.6. The van der Waals surface area contributed by atoms with Crippen LogP contribution in [0.25, 0.3) is 47.6 Å². The Labute approximate surface area is 328 Å².